The molecule has 0 saturated carbocycles. The van der Waals surface area contributed by atoms with Crippen molar-refractivity contribution in [2.75, 3.05) is 4.90 Å². The largest absolute Gasteiger partial charge is 0.456 e. The number of anilines is 3. The predicted molar refractivity (Wildman–Crippen MR) is 277 cm³/mol. The molecular formula is C63H44N2O. The molecule has 0 N–H and O–H groups in total. The third-order valence-electron chi connectivity index (χ3n) is 14.0. The summed E-state index contributed by atoms with van der Waals surface area (Å²) in [7, 11) is 0. The van der Waals surface area contributed by atoms with Gasteiger partial charge in [0.2, 0.25) is 0 Å². The van der Waals surface area contributed by atoms with E-state index in [9.17, 15) is 0 Å². The summed E-state index contributed by atoms with van der Waals surface area (Å²) in [6, 6.07) is 83.8. The number of fused-ring (bicyclic) bond motifs is 9. The fourth-order valence-electron chi connectivity index (χ4n) is 10.8. The van der Waals surface area contributed by atoms with Gasteiger partial charge in [-0.15, -0.1) is 0 Å². The van der Waals surface area contributed by atoms with Crippen LogP contribution in [-0.4, -0.2) is 4.57 Å². The van der Waals surface area contributed by atoms with Crippen LogP contribution in [0.4, 0.5) is 17.1 Å². The Balaban J connectivity index is 0.891. The molecule has 12 aromatic rings. The predicted octanol–water partition coefficient (Wildman–Crippen LogP) is 17.5. The van der Waals surface area contributed by atoms with Crippen LogP contribution in [0.2, 0.25) is 0 Å². The fourth-order valence-corrected chi connectivity index (χ4v) is 10.8. The molecule has 0 saturated heterocycles. The Morgan fingerprint density at radius 2 is 0.909 bits per heavy atom. The molecule has 312 valence electrons. The molecule has 0 bridgehead atoms. The van der Waals surface area contributed by atoms with Crippen molar-refractivity contribution in [2.24, 2.45) is 0 Å². The van der Waals surface area contributed by atoms with Gasteiger partial charge in [0.25, 0.3) is 0 Å². The highest BCUT2D eigenvalue weighted by atomic mass is 16.3. The maximum absolute atomic E-state index is 6.44. The minimum atomic E-state index is -0.0594. The first kappa shape index (κ1) is 38.1. The summed E-state index contributed by atoms with van der Waals surface area (Å²) < 4.78 is 8.85. The Bertz CT molecular complexity index is 3790. The number of nitrogens with zero attached hydrogens (tertiary/aromatic N) is 2. The van der Waals surface area contributed by atoms with Crippen LogP contribution in [0.5, 0.6) is 0 Å². The molecule has 0 fully saturated rings. The number of aromatic nitrogens is 1. The minimum absolute atomic E-state index is 0.0594. The van der Waals surface area contributed by atoms with Crippen molar-refractivity contribution in [1.29, 1.82) is 0 Å². The average Bonchev–Trinajstić information content (AvgIpc) is 4.00. The molecule has 0 radical (unpaired) electrons. The lowest BCUT2D eigenvalue weighted by atomic mass is 9.81. The van der Waals surface area contributed by atoms with Gasteiger partial charge < -0.3 is 13.9 Å². The Morgan fingerprint density at radius 1 is 0.379 bits per heavy atom. The van der Waals surface area contributed by atoms with Crippen LogP contribution in [0.25, 0.3) is 93.9 Å². The van der Waals surface area contributed by atoms with Crippen LogP contribution in [0.15, 0.2) is 235 Å². The van der Waals surface area contributed by atoms with Crippen molar-refractivity contribution in [3.05, 3.63) is 242 Å². The second-order valence-electron chi connectivity index (χ2n) is 18.1. The van der Waals surface area contributed by atoms with Crippen LogP contribution < -0.4 is 4.90 Å². The van der Waals surface area contributed by atoms with Crippen molar-refractivity contribution in [3.63, 3.8) is 0 Å². The van der Waals surface area contributed by atoms with E-state index in [0.717, 1.165) is 55.8 Å². The molecule has 0 amide bonds. The lowest BCUT2D eigenvalue weighted by Crippen LogP contribution is -2.14. The normalized spacial score (nSPS) is 12.8. The first-order chi connectivity index (χ1) is 32.5. The maximum Gasteiger partial charge on any atom is 0.137 e. The molecule has 10 aromatic carbocycles. The van der Waals surface area contributed by atoms with Crippen molar-refractivity contribution >= 4 is 60.8 Å². The van der Waals surface area contributed by atoms with Gasteiger partial charge >= 0.3 is 0 Å². The van der Waals surface area contributed by atoms with Gasteiger partial charge in [0.1, 0.15) is 11.2 Å². The number of hydrogen-bond donors (Lipinski definition) is 0. The quantitative estimate of drug-likeness (QED) is 0.159. The van der Waals surface area contributed by atoms with Crippen molar-refractivity contribution in [2.45, 2.75) is 19.3 Å². The van der Waals surface area contributed by atoms with Gasteiger partial charge in [-0.2, -0.15) is 0 Å². The Kier molecular flexibility index (Phi) is 8.56. The van der Waals surface area contributed by atoms with Crippen molar-refractivity contribution in [3.8, 4) is 50.2 Å². The first-order valence-corrected chi connectivity index (χ1v) is 22.8. The maximum atomic E-state index is 6.44. The van der Waals surface area contributed by atoms with E-state index < -0.39 is 0 Å². The van der Waals surface area contributed by atoms with E-state index in [1.807, 2.05) is 6.07 Å². The molecule has 0 atom stereocenters. The molecule has 0 aliphatic heterocycles. The molecule has 3 heteroatoms. The monoisotopic (exact) mass is 844 g/mol. The summed E-state index contributed by atoms with van der Waals surface area (Å²) in [5.74, 6) is 0. The third-order valence-corrected chi connectivity index (χ3v) is 14.0. The number of benzene rings is 10. The van der Waals surface area contributed by atoms with Crippen LogP contribution in [0, 0.1) is 0 Å². The minimum Gasteiger partial charge on any atom is -0.456 e. The summed E-state index contributed by atoms with van der Waals surface area (Å²) in [5.41, 5.74) is 21.0. The molecule has 2 aromatic heterocycles. The van der Waals surface area contributed by atoms with Gasteiger partial charge in [0.05, 0.1) is 27.8 Å². The van der Waals surface area contributed by atoms with Crippen LogP contribution in [0.3, 0.4) is 0 Å². The van der Waals surface area contributed by atoms with E-state index in [4.69, 9.17) is 4.42 Å². The van der Waals surface area contributed by atoms with Crippen LogP contribution in [0.1, 0.15) is 25.0 Å². The highest BCUT2D eigenvalue weighted by molar-refractivity contribution is 6.13. The zero-order valence-electron chi connectivity index (χ0n) is 36.7. The number of hydrogen-bond acceptors (Lipinski definition) is 2. The van der Waals surface area contributed by atoms with Gasteiger partial charge in [-0.25, -0.2) is 0 Å². The van der Waals surface area contributed by atoms with E-state index >= 15 is 0 Å². The van der Waals surface area contributed by atoms with Gasteiger partial charge in [0.15, 0.2) is 0 Å². The summed E-state index contributed by atoms with van der Waals surface area (Å²) in [5, 5.41) is 4.71. The first-order valence-electron chi connectivity index (χ1n) is 22.8. The second kappa shape index (κ2) is 14.8. The zero-order valence-corrected chi connectivity index (χ0v) is 36.7. The van der Waals surface area contributed by atoms with Crippen molar-refractivity contribution in [1.82, 2.24) is 4.57 Å². The van der Waals surface area contributed by atoms with E-state index in [1.54, 1.807) is 0 Å². The standard InChI is InChI=1S/C63H44N2O/c1-63(2)54-22-8-3-18-49(54)50-38-33-44(40-55(50)63)42-31-36-47(37-32-42)64(59-26-14-28-61-62(59)53-21-7-12-27-60(53)66-61)46-34-29-41(30-35-46)43-15-13-16-45(39-43)48-17-4-9-23-56(48)65-57-24-10-5-19-51(57)52-20-6-11-25-58(52)65/h3-40H,1-2H3. The van der Waals surface area contributed by atoms with E-state index in [0.29, 0.717) is 0 Å². The zero-order chi connectivity index (χ0) is 43.9. The third kappa shape index (κ3) is 5.90. The SMILES string of the molecule is CC1(C)c2ccccc2-c2ccc(-c3ccc(N(c4ccc(-c5cccc(-c6ccccc6-n6c7ccccc7c7ccccc76)c5)cc4)c4cccc5oc6ccccc6c45)cc3)cc21. The molecular weight excluding hydrogens is 801 g/mol. The van der Waals surface area contributed by atoms with Crippen LogP contribution >= 0.6 is 0 Å². The molecule has 3 nitrogen and oxygen atoms in total. The Labute approximate surface area is 384 Å². The second-order valence-corrected chi connectivity index (χ2v) is 18.1. The van der Waals surface area contributed by atoms with E-state index in [-0.39, 0.29) is 5.41 Å². The Morgan fingerprint density at radius 3 is 1.64 bits per heavy atom. The van der Waals surface area contributed by atoms with Gasteiger partial charge in [0, 0.05) is 38.5 Å². The average molecular weight is 845 g/mol. The van der Waals surface area contributed by atoms with Crippen molar-refractivity contribution < 1.29 is 4.42 Å². The summed E-state index contributed by atoms with van der Waals surface area (Å²) >= 11 is 0. The number of para-hydroxylation sites is 4. The molecule has 2 heterocycles. The molecule has 0 unspecified atom stereocenters. The summed E-state index contributed by atoms with van der Waals surface area (Å²) in [6.07, 6.45) is 0. The molecule has 1 aliphatic rings. The number of furan rings is 1. The highest BCUT2D eigenvalue weighted by Gasteiger charge is 2.35. The molecule has 13 rings (SSSR count). The van der Waals surface area contributed by atoms with E-state index in [2.05, 4.69) is 248 Å². The molecule has 66 heavy (non-hydrogen) atoms. The molecule has 0 spiro atoms. The van der Waals surface area contributed by atoms with Gasteiger partial charge in [-0.1, -0.05) is 172 Å². The number of rotatable bonds is 7. The Hall–Kier alpha value is -8.40. The summed E-state index contributed by atoms with van der Waals surface area (Å²) in [6.45, 7) is 4.69. The fraction of sp³-hybridized carbons (Fsp3) is 0.0476. The van der Waals surface area contributed by atoms with Gasteiger partial charge in [-0.05, 0) is 123 Å². The summed E-state index contributed by atoms with van der Waals surface area (Å²) in [4.78, 5) is 2.37. The lowest BCUT2D eigenvalue weighted by molar-refractivity contribution is 0.660. The van der Waals surface area contributed by atoms with Gasteiger partial charge in [-0.3, -0.25) is 0 Å². The lowest BCUT2D eigenvalue weighted by Gasteiger charge is -2.27. The topological polar surface area (TPSA) is 21.3 Å². The highest BCUT2D eigenvalue weighted by Crippen LogP contribution is 2.50. The smallest absolute Gasteiger partial charge is 0.137 e. The van der Waals surface area contributed by atoms with E-state index in [1.165, 1.54) is 66.3 Å². The molecule has 1 aliphatic carbocycles. The van der Waals surface area contributed by atoms with Crippen LogP contribution in [-0.2, 0) is 5.41 Å².